The third-order valence-corrected chi connectivity index (χ3v) is 3.54. The van der Waals surface area contributed by atoms with E-state index in [9.17, 15) is 14.7 Å². The average Bonchev–Trinajstić information content (AvgIpc) is 2.88. The number of anilines is 1. The van der Waals surface area contributed by atoms with Gasteiger partial charge in [0.15, 0.2) is 5.82 Å². The monoisotopic (exact) mass is 355 g/mol. The zero-order valence-corrected chi connectivity index (χ0v) is 15.4. The number of carbonyl (C=O) groups excluding carboxylic acids is 1. The van der Waals surface area contributed by atoms with Crippen LogP contribution >= 0.6 is 11.5 Å². The number of nitrogens with one attached hydrogen (secondary N) is 1. The average molecular weight is 355 g/mol. The van der Waals surface area contributed by atoms with E-state index in [0.717, 1.165) is 37.2 Å². The first-order valence-electron chi connectivity index (χ1n) is 8.00. The molecule has 8 heteroatoms. The van der Waals surface area contributed by atoms with Crippen molar-refractivity contribution in [2.24, 2.45) is 0 Å². The Hall–Kier alpha value is -1.96. The van der Waals surface area contributed by atoms with E-state index in [4.69, 9.17) is 4.74 Å². The van der Waals surface area contributed by atoms with Gasteiger partial charge in [0, 0.05) is 11.5 Å². The van der Waals surface area contributed by atoms with Gasteiger partial charge in [0.25, 0.3) is 0 Å². The first-order valence-corrected chi connectivity index (χ1v) is 8.78. The Morgan fingerprint density at radius 1 is 1.29 bits per heavy atom. The molecule has 0 saturated heterocycles. The largest absolute Gasteiger partial charge is 0.478 e. The van der Waals surface area contributed by atoms with Crippen molar-refractivity contribution in [3.8, 4) is 0 Å². The second-order valence-electron chi connectivity index (χ2n) is 6.32. The Kier molecular flexibility index (Phi) is 7.84. The number of aliphatic carboxylic acids is 1. The van der Waals surface area contributed by atoms with Gasteiger partial charge in [-0.2, -0.15) is 9.36 Å². The highest BCUT2D eigenvalue weighted by Gasteiger charge is 2.20. The lowest BCUT2D eigenvalue weighted by molar-refractivity contribution is -0.130. The lowest BCUT2D eigenvalue weighted by Gasteiger charge is -2.18. The molecular formula is C16H25N3O4S. The fourth-order valence-corrected chi connectivity index (χ4v) is 2.43. The van der Waals surface area contributed by atoms with Crippen LogP contribution in [0, 0.1) is 0 Å². The minimum absolute atomic E-state index is 0.0555. The smallest absolute Gasteiger partial charge is 0.414 e. The van der Waals surface area contributed by atoms with Crippen LogP contribution in [0.25, 0.3) is 5.57 Å². The lowest BCUT2D eigenvalue weighted by atomic mass is 10.1. The van der Waals surface area contributed by atoms with Crippen molar-refractivity contribution in [1.29, 1.82) is 0 Å². The Bertz CT molecular complexity index is 590. The standard InChI is InChI=1S/C16H25N3O4S/c1-5-6-7-8-9-10-11(13(20)21)12-17-14(24-19-12)18-15(22)23-16(2,3)4/h10H,5-9H2,1-4H3,(H,20,21)(H,17,18,19,22)/b11-10-. The van der Waals surface area contributed by atoms with Gasteiger partial charge < -0.3 is 9.84 Å². The molecular weight excluding hydrogens is 330 g/mol. The summed E-state index contributed by atoms with van der Waals surface area (Å²) in [5.74, 6) is -0.971. The zero-order valence-electron chi connectivity index (χ0n) is 14.6. The van der Waals surface area contributed by atoms with Crippen molar-refractivity contribution in [2.75, 3.05) is 5.32 Å². The molecule has 0 spiro atoms. The summed E-state index contributed by atoms with van der Waals surface area (Å²) in [5.41, 5.74) is -0.567. The number of hydrogen-bond acceptors (Lipinski definition) is 6. The minimum Gasteiger partial charge on any atom is -0.478 e. The molecule has 0 saturated carbocycles. The summed E-state index contributed by atoms with van der Waals surface area (Å²) in [4.78, 5) is 27.1. The highest BCUT2D eigenvalue weighted by atomic mass is 32.1. The minimum atomic E-state index is -1.08. The molecule has 0 aliphatic rings. The maximum absolute atomic E-state index is 11.7. The molecule has 0 fully saturated rings. The summed E-state index contributed by atoms with van der Waals surface area (Å²) in [6.07, 6.45) is 5.91. The third-order valence-electron chi connectivity index (χ3n) is 2.91. The molecule has 0 aliphatic heterocycles. The highest BCUT2D eigenvalue weighted by Crippen LogP contribution is 2.20. The van der Waals surface area contributed by atoms with E-state index < -0.39 is 17.7 Å². The number of amides is 1. The number of unbranched alkanes of at least 4 members (excludes halogenated alkanes) is 4. The SMILES string of the molecule is CCCCCC/C=C(\C(=O)O)c1nsc(NC(=O)OC(C)(C)C)n1. The predicted molar refractivity (Wildman–Crippen MR) is 94.1 cm³/mol. The van der Waals surface area contributed by atoms with Crippen LogP contribution in [-0.2, 0) is 9.53 Å². The highest BCUT2D eigenvalue weighted by molar-refractivity contribution is 7.10. The van der Waals surface area contributed by atoms with Crippen molar-refractivity contribution in [2.45, 2.75) is 65.4 Å². The predicted octanol–water partition coefficient (Wildman–Crippen LogP) is 4.32. The maximum atomic E-state index is 11.7. The fraction of sp³-hybridized carbons (Fsp3) is 0.625. The Morgan fingerprint density at radius 2 is 2.00 bits per heavy atom. The fourth-order valence-electron chi connectivity index (χ4n) is 1.87. The van der Waals surface area contributed by atoms with E-state index in [2.05, 4.69) is 21.6 Å². The van der Waals surface area contributed by atoms with E-state index in [0.29, 0.717) is 6.42 Å². The molecule has 2 N–H and O–H groups in total. The second kappa shape index (κ2) is 9.36. The number of carbonyl (C=O) groups is 2. The van der Waals surface area contributed by atoms with Gasteiger partial charge in [-0.15, -0.1) is 0 Å². The summed E-state index contributed by atoms with van der Waals surface area (Å²) < 4.78 is 9.13. The maximum Gasteiger partial charge on any atom is 0.414 e. The lowest BCUT2D eigenvalue weighted by Crippen LogP contribution is -2.27. The first-order chi connectivity index (χ1) is 11.2. The van der Waals surface area contributed by atoms with Gasteiger partial charge in [0.1, 0.15) is 11.2 Å². The van der Waals surface area contributed by atoms with E-state index >= 15 is 0 Å². The molecule has 0 radical (unpaired) electrons. The van der Waals surface area contributed by atoms with E-state index in [1.807, 2.05) is 0 Å². The van der Waals surface area contributed by atoms with Gasteiger partial charge in [-0.3, -0.25) is 5.32 Å². The zero-order chi connectivity index (χ0) is 18.2. The van der Waals surface area contributed by atoms with E-state index in [1.54, 1.807) is 26.8 Å². The summed E-state index contributed by atoms with van der Waals surface area (Å²) in [5, 5.41) is 12.0. The van der Waals surface area contributed by atoms with Crippen molar-refractivity contribution >= 4 is 34.3 Å². The van der Waals surface area contributed by atoms with Gasteiger partial charge in [0.05, 0.1) is 0 Å². The number of carboxylic acid groups (broad SMARTS) is 1. The van der Waals surface area contributed by atoms with Crippen LogP contribution < -0.4 is 5.32 Å². The Labute approximate surface area is 146 Å². The van der Waals surface area contributed by atoms with Crippen LogP contribution in [0.5, 0.6) is 0 Å². The van der Waals surface area contributed by atoms with Crippen molar-refractivity contribution < 1.29 is 19.4 Å². The number of nitrogens with zero attached hydrogens (tertiary/aromatic N) is 2. The Balaban J connectivity index is 2.70. The molecule has 1 aromatic heterocycles. The normalized spacial score (nSPS) is 12.1. The van der Waals surface area contributed by atoms with Crippen LogP contribution in [0.2, 0.25) is 0 Å². The number of allylic oxidation sites excluding steroid dienone is 1. The van der Waals surface area contributed by atoms with E-state index in [-0.39, 0.29) is 16.5 Å². The number of carboxylic acids is 1. The van der Waals surface area contributed by atoms with Gasteiger partial charge in [-0.1, -0.05) is 32.3 Å². The van der Waals surface area contributed by atoms with Crippen molar-refractivity contribution in [3.05, 3.63) is 11.9 Å². The summed E-state index contributed by atoms with van der Waals surface area (Å²) >= 11 is 0.920. The molecule has 1 aromatic rings. The molecule has 1 rings (SSSR count). The molecule has 1 heterocycles. The quantitative estimate of drug-likeness (QED) is 0.532. The van der Waals surface area contributed by atoms with Crippen LogP contribution in [0.3, 0.4) is 0 Å². The first kappa shape index (κ1) is 20.1. The van der Waals surface area contributed by atoms with Gasteiger partial charge in [-0.25, -0.2) is 9.59 Å². The third kappa shape index (κ3) is 7.54. The number of ether oxygens (including phenoxy) is 1. The molecule has 0 aliphatic carbocycles. The summed E-state index contributed by atoms with van der Waals surface area (Å²) in [6.45, 7) is 7.38. The van der Waals surface area contributed by atoms with Gasteiger partial charge >= 0.3 is 12.1 Å². The number of aromatic nitrogens is 2. The molecule has 7 nitrogen and oxygen atoms in total. The topological polar surface area (TPSA) is 101 Å². The molecule has 0 aromatic carbocycles. The number of rotatable bonds is 8. The molecule has 1 amide bonds. The molecule has 24 heavy (non-hydrogen) atoms. The second-order valence-corrected chi connectivity index (χ2v) is 7.07. The van der Waals surface area contributed by atoms with Crippen LogP contribution in [0.1, 0.15) is 65.6 Å². The van der Waals surface area contributed by atoms with Gasteiger partial charge in [0.2, 0.25) is 5.13 Å². The van der Waals surface area contributed by atoms with Crippen molar-refractivity contribution in [3.63, 3.8) is 0 Å². The van der Waals surface area contributed by atoms with Crippen molar-refractivity contribution in [1.82, 2.24) is 9.36 Å². The molecule has 0 unspecified atom stereocenters. The summed E-state index contributed by atoms with van der Waals surface area (Å²) in [6, 6.07) is 0. The number of hydrogen-bond donors (Lipinski definition) is 2. The molecule has 0 atom stereocenters. The van der Waals surface area contributed by atoms with E-state index in [1.165, 1.54) is 0 Å². The van der Waals surface area contributed by atoms with Crippen LogP contribution in [-0.4, -0.2) is 32.1 Å². The van der Waals surface area contributed by atoms with Gasteiger partial charge in [-0.05, 0) is 33.6 Å². The summed E-state index contributed by atoms with van der Waals surface area (Å²) in [7, 11) is 0. The van der Waals surface area contributed by atoms with Crippen LogP contribution in [0.4, 0.5) is 9.93 Å². The van der Waals surface area contributed by atoms with Crippen LogP contribution in [0.15, 0.2) is 6.08 Å². The Morgan fingerprint density at radius 3 is 2.58 bits per heavy atom. The molecule has 134 valence electrons. The molecule has 0 bridgehead atoms.